The molecular weight excluding hydrogens is 239 g/mol. The second-order valence-corrected chi connectivity index (χ2v) is 6.53. The van der Waals surface area contributed by atoms with Gasteiger partial charge in [-0.3, -0.25) is 0 Å². The second kappa shape index (κ2) is 4.53. The molecule has 1 aliphatic heterocycles. The van der Waals surface area contributed by atoms with Gasteiger partial charge >= 0.3 is 7.12 Å². The van der Waals surface area contributed by atoms with Crippen molar-refractivity contribution in [2.45, 2.75) is 58.7 Å². The summed E-state index contributed by atoms with van der Waals surface area (Å²) < 4.78 is 12.0. The van der Waals surface area contributed by atoms with Crippen molar-refractivity contribution >= 4 is 12.6 Å². The lowest BCUT2D eigenvalue weighted by Crippen LogP contribution is -2.41. The molecule has 1 saturated heterocycles. The molecule has 3 nitrogen and oxygen atoms in total. The molecule has 1 fully saturated rings. The summed E-state index contributed by atoms with van der Waals surface area (Å²) in [6.07, 6.45) is 0. The van der Waals surface area contributed by atoms with Crippen molar-refractivity contribution in [2.75, 3.05) is 0 Å². The van der Waals surface area contributed by atoms with Crippen molar-refractivity contribution in [3.63, 3.8) is 0 Å². The Morgan fingerprint density at radius 2 is 1.58 bits per heavy atom. The minimum atomic E-state index is -0.510. The SMILES string of the molecule is CC(C)c1cccc(B2OC(C)(C)C(C)(C)O2)c1O. The van der Waals surface area contributed by atoms with Crippen molar-refractivity contribution in [1.29, 1.82) is 0 Å². The van der Waals surface area contributed by atoms with Gasteiger partial charge in [-0.1, -0.05) is 32.0 Å². The Hall–Kier alpha value is -0.995. The van der Waals surface area contributed by atoms with Crippen LogP contribution in [0.15, 0.2) is 18.2 Å². The molecule has 0 spiro atoms. The van der Waals surface area contributed by atoms with E-state index in [1.165, 1.54) is 0 Å². The van der Waals surface area contributed by atoms with Crippen LogP contribution < -0.4 is 5.46 Å². The number of aromatic hydroxyl groups is 1. The average Bonchev–Trinajstić information content (AvgIpc) is 2.47. The second-order valence-electron chi connectivity index (χ2n) is 6.53. The number of phenols is 1. The van der Waals surface area contributed by atoms with Gasteiger partial charge in [-0.2, -0.15) is 0 Å². The van der Waals surface area contributed by atoms with Crippen molar-refractivity contribution in [1.82, 2.24) is 0 Å². The van der Waals surface area contributed by atoms with Crippen LogP contribution in [0.1, 0.15) is 53.0 Å². The fourth-order valence-corrected chi connectivity index (χ4v) is 2.21. The Morgan fingerprint density at radius 3 is 2.05 bits per heavy atom. The van der Waals surface area contributed by atoms with E-state index in [1.807, 2.05) is 45.9 Å². The molecule has 1 N–H and O–H groups in total. The molecule has 0 atom stereocenters. The molecule has 0 aliphatic carbocycles. The summed E-state index contributed by atoms with van der Waals surface area (Å²) in [4.78, 5) is 0. The molecule has 1 aliphatic rings. The zero-order valence-electron chi connectivity index (χ0n) is 12.7. The molecular formula is C15H23BO3. The molecule has 2 rings (SSSR count). The number of hydrogen-bond donors (Lipinski definition) is 1. The van der Waals surface area contributed by atoms with Crippen LogP contribution in [0.3, 0.4) is 0 Å². The van der Waals surface area contributed by atoms with Crippen molar-refractivity contribution in [3.8, 4) is 5.75 Å². The van der Waals surface area contributed by atoms with Crippen LogP contribution in [0.4, 0.5) is 0 Å². The van der Waals surface area contributed by atoms with E-state index in [4.69, 9.17) is 9.31 Å². The molecule has 0 bridgehead atoms. The van der Waals surface area contributed by atoms with Crippen LogP contribution in [-0.4, -0.2) is 23.4 Å². The highest BCUT2D eigenvalue weighted by molar-refractivity contribution is 6.63. The summed E-state index contributed by atoms with van der Waals surface area (Å²) in [7, 11) is -0.510. The first-order valence-corrected chi connectivity index (χ1v) is 6.83. The first-order chi connectivity index (χ1) is 8.66. The molecule has 0 amide bonds. The van der Waals surface area contributed by atoms with Crippen LogP contribution >= 0.6 is 0 Å². The molecule has 1 aromatic carbocycles. The van der Waals surface area contributed by atoms with E-state index in [9.17, 15) is 5.11 Å². The van der Waals surface area contributed by atoms with Gasteiger partial charge in [0.05, 0.1) is 11.2 Å². The quantitative estimate of drug-likeness (QED) is 0.833. The van der Waals surface area contributed by atoms with E-state index in [2.05, 4.69) is 13.8 Å². The Balaban J connectivity index is 2.38. The Labute approximate surface area is 116 Å². The van der Waals surface area contributed by atoms with Gasteiger partial charge in [0.15, 0.2) is 0 Å². The summed E-state index contributed by atoms with van der Waals surface area (Å²) in [5.41, 5.74) is 0.854. The first kappa shape index (κ1) is 14.4. The van der Waals surface area contributed by atoms with Crippen LogP contribution in [0, 0.1) is 0 Å². The van der Waals surface area contributed by atoms with Crippen molar-refractivity contribution < 1.29 is 14.4 Å². The third kappa shape index (κ3) is 2.39. The summed E-state index contributed by atoms with van der Waals surface area (Å²) in [6, 6.07) is 5.74. The predicted octanol–water partition coefficient (Wildman–Crippen LogP) is 2.81. The molecule has 1 heterocycles. The Bertz CT molecular complexity index is 464. The van der Waals surface area contributed by atoms with E-state index in [1.54, 1.807) is 0 Å². The highest BCUT2D eigenvalue weighted by Gasteiger charge is 2.52. The van der Waals surface area contributed by atoms with Crippen LogP contribution in [0.25, 0.3) is 0 Å². The van der Waals surface area contributed by atoms with Gasteiger partial charge in [-0.15, -0.1) is 0 Å². The van der Waals surface area contributed by atoms with Gasteiger partial charge in [0, 0.05) is 5.46 Å². The third-order valence-electron chi connectivity index (χ3n) is 4.23. The topological polar surface area (TPSA) is 38.7 Å². The van der Waals surface area contributed by atoms with Gasteiger partial charge in [0.2, 0.25) is 0 Å². The fraction of sp³-hybridized carbons (Fsp3) is 0.600. The van der Waals surface area contributed by atoms with Crippen LogP contribution in [0.5, 0.6) is 5.75 Å². The molecule has 0 aromatic heterocycles. The summed E-state index contributed by atoms with van der Waals surface area (Å²) in [5.74, 6) is 0.554. The average molecular weight is 262 g/mol. The lowest BCUT2D eigenvalue weighted by molar-refractivity contribution is 0.00578. The van der Waals surface area contributed by atoms with Gasteiger partial charge in [0.1, 0.15) is 5.75 Å². The monoisotopic (exact) mass is 262 g/mol. The molecule has 4 heteroatoms. The fourth-order valence-electron chi connectivity index (χ4n) is 2.21. The molecule has 0 radical (unpaired) electrons. The predicted molar refractivity (Wildman–Crippen MR) is 77.9 cm³/mol. The lowest BCUT2D eigenvalue weighted by Gasteiger charge is -2.32. The maximum absolute atomic E-state index is 10.4. The highest BCUT2D eigenvalue weighted by atomic mass is 16.7. The minimum absolute atomic E-state index is 0.266. The largest absolute Gasteiger partial charge is 0.508 e. The van der Waals surface area contributed by atoms with Gasteiger partial charge in [0.25, 0.3) is 0 Å². The smallest absolute Gasteiger partial charge is 0.498 e. The first-order valence-electron chi connectivity index (χ1n) is 6.83. The Morgan fingerprint density at radius 1 is 1.05 bits per heavy atom. The standard InChI is InChI=1S/C15H23BO3/c1-10(2)11-8-7-9-12(13(11)17)16-18-14(3,4)15(5,6)19-16/h7-10,17H,1-6H3. The maximum Gasteiger partial charge on any atom is 0.498 e. The number of benzene rings is 1. The molecule has 0 unspecified atom stereocenters. The van der Waals surface area contributed by atoms with Gasteiger partial charge < -0.3 is 14.4 Å². The maximum atomic E-state index is 10.4. The lowest BCUT2D eigenvalue weighted by atomic mass is 9.76. The molecule has 19 heavy (non-hydrogen) atoms. The van der Waals surface area contributed by atoms with Crippen LogP contribution in [0.2, 0.25) is 0 Å². The van der Waals surface area contributed by atoms with Gasteiger partial charge in [-0.05, 0) is 39.2 Å². The molecule has 0 saturated carbocycles. The number of rotatable bonds is 2. The zero-order valence-corrected chi connectivity index (χ0v) is 12.7. The van der Waals surface area contributed by atoms with E-state index in [-0.39, 0.29) is 11.7 Å². The highest BCUT2D eigenvalue weighted by Crippen LogP contribution is 2.37. The van der Waals surface area contributed by atoms with E-state index >= 15 is 0 Å². The Kier molecular flexibility index (Phi) is 3.44. The number of phenolic OH excluding ortho intramolecular Hbond substituents is 1. The van der Waals surface area contributed by atoms with Crippen molar-refractivity contribution in [2.24, 2.45) is 0 Å². The van der Waals surface area contributed by atoms with E-state index in [0.717, 1.165) is 5.56 Å². The molecule has 104 valence electrons. The normalized spacial score (nSPS) is 21.1. The third-order valence-corrected chi connectivity index (χ3v) is 4.23. The summed E-state index contributed by atoms with van der Waals surface area (Å²) >= 11 is 0. The van der Waals surface area contributed by atoms with Gasteiger partial charge in [-0.25, -0.2) is 0 Å². The van der Waals surface area contributed by atoms with E-state index < -0.39 is 18.3 Å². The number of hydrogen-bond acceptors (Lipinski definition) is 3. The number of para-hydroxylation sites is 1. The van der Waals surface area contributed by atoms with Crippen molar-refractivity contribution in [3.05, 3.63) is 23.8 Å². The zero-order chi connectivity index (χ0) is 14.4. The summed E-state index contributed by atoms with van der Waals surface area (Å²) in [5, 5.41) is 10.4. The van der Waals surface area contributed by atoms with E-state index in [0.29, 0.717) is 5.46 Å². The summed E-state index contributed by atoms with van der Waals surface area (Å²) in [6.45, 7) is 12.2. The molecule has 1 aromatic rings. The minimum Gasteiger partial charge on any atom is -0.508 e. The van der Waals surface area contributed by atoms with Crippen LogP contribution in [-0.2, 0) is 9.31 Å².